The molecule has 0 aromatic heterocycles. The number of rotatable bonds is 7. The van der Waals surface area contributed by atoms with Gasteiger partial charge in [0.1, 0.15) is 5.75 Å². The Hall–Kier alpha value is -1.89. The average Bonchev–Trinajstić information content (AvgIpc) is 2.50. The SMILES string of the molecule is CN=C(NCc1ccccc1OC(F)F)NCC(OC)C(C)(C)C. The van der Waals surface area contributed by atoms with Gasteiger partial charge in [0.2, 0.25) is 0 Å². The van der Waals surface area contributed by atoms with Gasteiger partial charge in [-0.15, -0.1) is 0 Å². The van der Waals surface area contributed by atoms with Crippen LogP contribution in [0.2, 0.25) is 0 Å². The molecule has 136 valence electrons. The quantitative estimate of drug-likeness (QED) is 0.590. The fourth-order valence-corrected chi connectivity index (χ4v) is 2.19. The number of para-hydroxylation sites is 1. The first kappa shape index (κ1) is 20.2. The third-order valence-corrected chi connectivity index (χ3v) is 3.56. The molecule has 0 heterocycles. The summed E-state index contributed by atoms with van der Waals surface area (Å²) in [4.78, 5) is 4.13. The number of nitrogens with zero attached hydrogens (tertiary/aromatic N) is 1. The fourth-order valence-electron chi connectivity index (χ4n) is 2.19. The standard InChI is InChI=1S/C17H27F2N3O2/c1-17(2,3)14(23-5)11-22-16(20-4)21-10-12-8-6-7-9-13(12)24-15(18)19/h6-9,14-15H,10-11H2,1-5H3,(H2,20,21,22). The van der Waals surface area contributed by atoms with E-state index in [1.165, 1.54) is 6.07 Å². The molecule has 7 heteroatoms. The molecule has 1 atom stereocenters. The summed E-state index contributed by atoms with van der Waals surface area (Å²) >= 11 is 0. The van der Waals surface area contributed by atoms with Gasteiger partial charge < -0.3 is 20.1 Å². The molecule has 0 amide bonds. The smallest absolute Gasteiger partial charge is 0.387 e. The molecule has 0 spiro atoms. The van der Waals surface area contributed by atoms with E-state index in [0.717, 1.165) is 0 Å². The third kappa shape index (κ3) is 6.70. The van der Waals surface area contributed by atoms with Crippen molar-refractivity contribution in [3.05, 3.63) is 29.8 Å². The lowest BCUT2D eigenvalue weighted by Gasteiger charge is -2.30. The van der Waals surface area contributed by atoms with Crippen LogP contribution in [0.5, 0.6) is 5.75 Å². The molecule has 1 aromatic rings. The summed E-state index contributed by atoms with van der Waals surface area (Å²) in [7, 11) is 3.32. The number of nitrogens with one attached hydrogen (secondary N) is 2. The maximum atomic E-state index is 12.4. The minimum atomic E-state index is -2.85. The molecule has 1 aromatic carbocycles. The van der Waals surface area contributed by atoms with Gasteiger partial charge in [-0.25, -0.2) is 0 Å². The molecule has 1 unspecified atom stereocenters. The first-order chi connectivity index (χ1) is 11.3. The largest absolute Gasteiger partial charge is 0.434 e. The molecule has 24 heavy (non-hydrogen) atoms. The van der Waals surface area contributed by atoms with Gasteiger partial charge in [0.25, 0.3) is 0 Å². The molecule has 0 aliphatic rings. The van der Waals surface area contributed by atoms with Crippen LogP contribution in [0.3, 0.4) is 0 Å². The van der Waals surface area contributed by atoms with Gasteiger partial charge in [-0.05, 0) is 11.5 Å². The van der Waals surface area contributed by atoms with Gasteiger partial charge in [-0.2, -0.15) is 8.78 Å². The van der Waals surface area contributed by atoms with Crippen LogP contribution in [0, 0.1) is 5.41 Å². The van der Waals surface area contributed by atoms with Crippen molar-refractivity contribution in [2.45, 2.75) is 40.0 Å². The minimum absolute atomic E-state index is 0.00510. The molecule has 0 bridgehead atoms. The second kappa shape index (κ2) is 9.42. The zero-order valence-electron chi connectivity index (χ0n) is 14.9. The van der Waals surface area contributed by atoms with Gasteiger partial charge in [0, 0.05) is 32.8 Å². The molecule has 0 saturated carbocycles. The first-order valence-electron chi connectivity index (χ1n) is 7.78. The highest BCUT2D eigenvalue weighted by Crippen LogP contribution is 2.21. The summed E-state index contributed by atoms with van der Waals surface area (Å²) in [5.74, 6) is 0.716. The number of halogens is 2. The molecule has 0 aliphatic heterocycles. The number of guanidine groups is 1. The zero-order chi connectivity index (χ0) is 18.2. The van der Waals surface area contributed by atoms with Crippen molar-refractivity contribution in [3.63, 3.8) is 0 Å². The molecule has 0 saturated heterocycles. The molecule has 1 rings (SSSR count). The summed E-state index contributed by atoms with van der Waals surface area (Å²) in [6.45, 7) is 4.33. The Bertz CT molecular complexity index is 531. The Morgan fingerprint density at radius 3 is 2.42 bits per heavy atom. The maximum Gasteiger partial charge on any atom is 0.387 e. The van der Waals surface area contributed by atoms with E-state index in [4.69, 9.17) is 4.74 Å². The molecular weight excluding hydrogens is 316 g/mol. The van der Waals surface area contributed by atoms with Crippen molar-refractivity contribution in [1.29, 1.82) is 0 Å². The lowest BCUT2D eigenvalue weighted by atomic mass is 9.89. The van der Waals surface area contributed by atoms with Crippen LogP contribution in [-0.4, -0.2) is 39.4 Å². The van der Waals surface area contributed by atoms with Crippen LogP contribution in [0.1, 0.15) is 26.3 Å². The Morgan fingerprint density at radius 1 is 1.21 bits per heavy atom. The Labute approximate surface area is 142 Å². The van der Waals surface area contributed by atoms with Crippen molar-refractivity contribution >= 4 is 5.96 Å². The van der Waals surface area contributed by atoms with Crippen LogP contribution in [0.15, 0.2) is 29.3 Å². The lowest BCUT2D eigenvalue weighted by molar-refractivity contribution is -0.0504. The van der Waals surface area contributed by atoms with E-state index in [9.17, 15) is 8.78 Å². The second-order valence-electron chi connectivity index (χ2n) is 6.38. The normalized spacial score (nSPS) is 13.8. The fraction of sp³-hybridized carbons (Fsp3) is 0.588. The zero-order valence-corrected chi connectivity index (χ0v) is 14.9. The van der Waals surface area contributed by atoms with E-state index in [1.807, 2.05) is 0 Å². The number of ether oxygens (including phenoxy) is 2. The highest BCUT2D eigenvalue weighted by molar-refractivity contribution is 5.79. The van der Waals surface area contributed by atoms with Gasteiger partial charge >= 0.3 is 6.61 Å². The number of hydrogen-bond donors (Lipinski definition) is 2. The molecule has 0 fully saturated rings. The number of benzene rings is 1. The number of methoxy groups -OCH3 is 1. The van der Waals surface area contributed by atoms with Gasteiger partial charge in [0.15, 0.2) is 5.96 Å². The summed E-state index contributed by atoms with van der Waals surface area (Å²) in [5.41, 5.74) is 0.609. The minimum Gasteiger partial charge on any atom is -0.434 e. The van der Waals surface area contributed by atoms with E-state index < -0.39 is 6.61 Å². The molecule has 0 aliphatic carbocycles. The molecule has 2 N–H and O–H groups in total. The van der Waals surface area contributed by atoms with Crippen LogP contribution in [-0.2, 0) is 11.3 Å². The van der Waals surface area contributed by atoms with E-state index in [0.29, 0.717) is 24.6 Å². The van der Waals surface area contributed by atoms with E-state index in [1.54, 1.807) is 32.4 Å². The number of aliphatic imine (C=N–C) groups is 1. The number of hydrogen-bond acceptors (Lipinski definition) is 3. The van der Waals surface area contributed by atoms with Crippen molar-refractivity contribution in [2.24, 2.45) is 10.4 Å². The van der Waals surface area contributed by atoms with Crippen molar-refractivity contribution in [2.75, 3.05) is 20.7 Å². The summed E-state index contributed by atoms with van der Waals surface area (Å²) in [6.07, 6.45) is 0.00510. The highest BCUT2D eigenvalue weighted by atomic mass is 19.3. The third-order valence-electron chi connectivity index (χ3n) is 3.56. The second-order valence-corrected chi connectivity index (χ2v) is 6.38. The van der Waals surface area contributed by atoms with E-state index in [2.05, 4.69) is 41.1 Å². The van der Waals surface area contributed by atoms with Gasteiger partial charge in [0.05, 0.1) is 6.10 Å². The van der Waals surface area contributed by atoms with Crippen LogP contribution < -0.4 is 15.4 Å². The van der Waals surface area contributed by atoms with Crippen molar-refractivity contribution in [3.8, 4) is 5.75 Å². The first-order valence-corrected chi connectivity index (χ1v) is 7.78. The molecular formula is C17H27F2N3O2. The van der Waals surface area contributed by atoms with Crippen LogP contribution in [0.4, 0.5) is 8.78 Å². The van der Waals surface area contributed by atoms with Crippen molar-refractivity contribution < 1.29 is 18.3 Å². The maximum absolute atomic E-state index is 12.4. The Kier molecular flexibility index (Phi) is 7.91. The predicted molar refractivity (Wildman–Crippen MR) is 91.5 cm³/mol. The predicted octanol–water partition coefficient (Wildman–Crippen LogP) is 3.01. The molecule has 0 radical (unpaired) electrons. The molecule has 5 nitrogen and oxygen atoms in total. The van der Waals surface area contributed by atoms with Crippen LogP contribution >= 0.6 is 0 Å². The van der Waals surface area contributed by atoms with E-state index >= 15 is 0 Å². The highest BCUT2D eigenvalue weighted by Gasteiger charge is 2.24. The summed E-state index contributed by atoms with van der Waals surface area (Å²) < 4.78 is 34.9. The van der Waals surface area contributed by atoms with Gasteiger partial charge in [-0.3, -0.25) is 4.99 Å². The average molecular weight is 343 g/mol. The Morgan fingerprint density at radius 2 is 1.88 bits per heavy atom. The lowest BCUT2D eigenvalue weighted by Crippen LogP contribution is -2.45. The van der Waals surface area contributed by atoms with E-state index in [-0.39, 0.29) is 17.3 Å². The van der Waals surface area contributed by atoms with Gasteiger partial charge in [-0.1, -0.05) is 39.0 Å². The number of alkyl halides is 2. The topological polar surface area (TPSA) is 54.9 Å². The van der Waals surface area contributed by atoms with Crippen molar-refractivity contribution in [1.82, 2.24) is 10.6 Å². The Balaban J connectivity index is 2.62. The summed E-state index contributed by atoms with van der Waals surface area (Å²) in [6, 6.07) is 6.66. The summed E-state index contributed by atoms with van der Waals surface area (Å²) in [5, 5.41) is 6.27. The van der Waals surface area contributed by atoms with Crippen LogP contribution in [0.25, 0.3) is 0 Å². The monoisotopic (exact) mass is 343 g/mol.